The van der Waals surface area contributed by atoms with Crippen molar-refractivity contribution in [2.75, 3.05) is 13.1 Å². The van der Waals surface area contributed by atoms with Crippen LogP contribution in [-0.2, 0) is 4.79 Å². The Morgan fingerprint density at radius 1 is 1.71 bits per heavy atom. The van der Waals surface area contributed by atoms with E-state index in [1.165, 1.54) is 0 Å². The van der Waals surface area contributed by atoms with Crippen molar-refractivity contribution >= 4 is 6.41 Å². The Balaban J connectivity index is 2.26. The normalized spacial score (nSPS) is 20.3. The minimum Gasteiger partial charge on any atom is -0.345 e. The fourth-order valence-electron chi connectivity index (χ4n) is 0.701. The standard InChI is InChI=1S/C5H8NO/c7-5-6-3-1-2-4-6/h1,5H,2-4H2. The van der Waals surface area contributed by atoms with Crippen LogP contribution in [0.5, 0.6) is 0 Å². The van der Waals surface area contributed by atoms with Crippen LogP contribution in [0.1, 0.15) is 6.42 Å². The topological polar surface area (TPSA) is 20.3 Å². The third-order valence-electron chi connectivity index (χ3n) is 1.13. The van der Waals surface area contributed by atoms with Gasteiger partial charge in [-0.3, -0.25) is 4.79 Å². The Labute approximate surface area is 43.1 Å². The molecular formula is C5H8NO. The monoisotopic (exact) mass is 98.1 g/mol. The first-order chi connectivity index (χ1) is 3.43. The number of nitrogens with zero attached hydrogens (tertiary/aromatic N) is 1. The summed E-state index contributed by atoms with van der Waals surface area (Å²) in [7, 11) is 0. The van der Waals surface area contributed by atoms with Gasteiger partial charge in [-0.25, -0.2) is 0 Å². The van der Waals surface area contributed by atoms with Crippen molar-refractivity contribution < 1.29 is 4.79 Å². The molecule has 1 rings (SSSR count). The van der Waals surface area contributed by atoms with Gasteiger partial charge in [-0.1, -0.05) is 0 Å². The fourth-order valence-corrected chi connectivity index (χ4v) is 0.701. The second kappa shape index (κ2) is 1.96. The summed E-state index contributed by atoms with van der Waals surface area (Å²) in [6, 6.07) is 0. The van der Waals surface area contributed by atoms with E-state index >= 15 is 0 Å². The SMILES string of the molecule is O=CN1C[CH]CC1. The second-order valence-electron chi connectivity index (χ2n) is 1.68. The minimum atomic E-state index is 0.851. The van der Waals surface area contributed by atoms with Crippen LogP contribution in [0.3, 0.4) is 0 Å². The molecule has 0 saturated carbocycles. The summed E-state index contributed by atoms with van der Waals surface area (Å²) in [5.74, 6) is 0. The Kier molecular flexibility index (Phi) is 1.29. The van der Waals surface area contributed by atoms with Crippen LogP contribution in [0.2, 0.25) is 0 Å². The Hall–Kier alpha value is -0.530. The van der Waals surface area contributed by atoms with Crippen molar-refractivity contribution in [3.8, 4) is 0 Å². The van der Waals surface area contributed by atoms with Gasteiger partial charge in [-0.15, -0.1) is 0 Å². The lowest BCUT2D eigenvalue weighted by Gasteiger charge is -2.02. The molecule has 1 aliphatic heterocycles. The highest BCUT2D eigenvalue weighted by Gasteiger charge is 2.06. The fraction of sp³-hybridized carbons (Fsp3) is 0.600. The van der Waals surface area contributed by atoms with Crippen LogP contribution in [-0.4, -0.2) is 24.4 Å². The van der Waals surface area contributed by atoms with Gasteiger partial charge < -0.3 is 4.90 Å². The predicted octanol–water partition coefficient (Wildman–Crippen LogP) is 0.0528. The zero-order chi connectivity index (χ0) is 5.11. The summed E-state index contributed by atoms with van der Waals surface area (Å²) in [6.07, 6.45) is 4.07. The Bertz CT molecular complexity index is 66.5. The summed E-state index contributed by atoms with van der Waals surface area (Å²) < 4.78 is 0. The average molecular weight is 98.1 g/mol. The van der Waals surface area contributed by atoms with E-state index < -0.39 is 0 Å². The first-order valence-electron chi connectivity index (χ1n) is 2.44. The van der Waals surface area contributed by atoms with E-state index in [1.54, 1.807) is 4.90 Å². The van der Waals surface area contributed by atoms with Gasteiger partial charge in [0.2, 0.25) is 6.41 Å². The molecule has 0 bridgehead atoms. The zero-order valence-electron chi connectivity index (χ0n) is 4.13. The summed E-state index contributed by atoms with van der Waals surface area (Å²) in [5, 5.41) is 0. The molecule has 39 valence electrons. The van der Waals surface area contributed by atoms with Crippen molar-refractivity contribution in [3.05, 3.63) is 6.42 Å². The highest BCUT2D eigenvalue weighted by atomic mass is 16.1. The van der Waals surface area contributed by atoms with Crippen LogP contribution in [0.15, 0.2) is 0 Å². The minimum absolute atomic E-state index is 0.851. The molecule has 0 aliphatic carbocycles. The summed E-state index contributed by atoms with van der Waals surface area (Å²) in [6.45, 7) is 1.77. The maximum Gasteiger partial charge on any atom is 0.209 e. The highest BCUT2D eigenvalue weighted by Crippen LogP contribution is 2.01. The zero-order valence-corrected chi connectivity index (χ0v) is 4.13. The van der Waals surface area contributed by atoms with Gasteiger partial charge in [0.25, 0.3) is 0 Å². The van der Waals surface area contributed by atoms with E-state index in [4.69, 9.17) is 0 Å². The summed E-state index contributed by atoms with van der Waals surface area (Å²) in [4.78, 5) is 11.7. The first kappa shape index (κ1) is 4.62. The molecular weight excluding hydrogens is 90.1 g/mol. The molecule has 2 heteroatoms. The summed E-state index contributed by atoms with van der Waals surface area (Å²) in [5.41, 5.74) is 0. The van der Waals surface area contributed by atoms with Crippen molar-refractivity contribution in [2.45, 2.75) is 6.42 Å². The van der Waals surface area contributed by atoms with Crippen molar-refractivity contribution in [2.24, 2.45) is 0 Å². The van der Waals surface area contributed by atoms with Gasteiger partial charge >= 0.3 is 0 Å². The number of hydrogen-bond acceptors (Lipinski definition) is 1. The van der Waals surface area contributed by atoms with Crippen molar-refractivity contribution in [1.29, 1.82) is 0 Å². The van der Waals surface area contributed by atoms with Gasteiger partial charge in [0.05, 0.1) is 0 Å². The van der Waals surface area contributed by atoms with Gasteiger partial charge in [-0.2, -0.15) is 0 Å². The largest absolute Gasteiger partial charge is 0.345 e. The van der Waals surface area contributed by atoms with E-state index in [0.29, 0.717) is 0 Å². The smallest absolute Gasteiger partial charge is 0.209 e. The second-order valence-corrected chi connectivity index (χ2v) is 1.68. The third-order valence-corrected chi connectivity index (χ3v) is 1.13. The third kappa shape index (κ3) is 0.918. The quantitative estimate of drug-likeness (QED) is 0.424. The van der Waals surface area contributed by atoms with Crippen LogP contribution < -0.4 is 0 Å². The molecule has 0 aromatic carbocycles. The number of carbonyl (C=O) groups excluding carboxylic acids is 1. The number of hydrogen-bond donors (Lipinski definition) is 0. The van der Waals surface area contributed by atoms with Crippen molar-refractivity contribution in [3.63, 3.8) is 0 Å². The molecule has 2 nitrogen and oxygen atoms in total. The molecule has 1 heterocycles. The van der Waals surface area contributed by atoms with Gasteiger partial charge in [-0.05, 0) is 12.8 Å². The lowest BCUT2D eigenvalue weighted by molar-refractivity contribution is -0.117. The maximum atomic E-state index is 9.91. The molecule has 0 N–H and O–H groups in total. The van der Waals surface area contributed by atoms with Crippen LogP contribution in [0.25, 0.3) is 0 Å². The number of rotatable bonds is 1. The molecule has 1 radical (unpaired) electrons. The lowest BCUT2D eigenvalue weighted by atomic mass is 10.4. The summed E-state index contributed by atoms with van der Waals surface area (Å²) >= 11 is 0. The molecule has 7 heavy (non-hydrogen) atoms. The highest BCUT2D eigenvalue weighted by molar-refractivity contribution is 5.47. The van der Waals surface area contributed by atoms with E-state index in [-0.39, 0.29) is 0 Å². The van der Waals surface area contributed by atoms with Crippen LogP contribution >= 0.6 is 0 Å². The maximum absolute atomic E-state index is 9.91. The molecule has 1 amide bonds. The van der Waals surface area contributed by atoms with Gasteiger partial charge in [0, 0.05) is 13.1 Å². The molecule has 0 spiro atoms. The molecule has 0 atom stereocenters. The van der Waals surface area contributed by atoms with Crippen LogP contribution in [0.4, 0.5) is 0 Å². The van der Waals surface area contributed by atoms with Crippen molar-refractivity contribution in [1.82, 2.24) is 4.90 Å². The number of carbonyl (C=O) groups is 1. The van der Waals surface area contributed by atoms with Gasteiger partial charge in [0.1, 0.15) is 0 Å². The molecule has 1 aliphatic rings. The molecule has 1 fully saturated rings. The van der Waals surface area contributed by atoms with E-state index in [2.05, 4.69) is 6.42 Å². The number of likely N-dealkylation sites (tertiary alicyclic amines) is 1. The van der Waals surface area contributed by atoms with E-state index in [9.17, 15) is 4.79 Å². The first-order valence-corrected chi connectivity index (χ1v) is 2.44. The number of amides is 1. The average Bonchev–Trinajstić information content (AvgIpc) is 2.14. The lowest BCUT2D eigenvalue weighted by Crippen LogP contribution is -2.15. The molecule has 0 unspecified atom stereocenters. The molecule has 1 saturated heterocycles. The predicted molar refractivity (Wildman–Crippen MR) is 26.6 cm³/mol. The molecule has 0 aromatic rings. The Morgan fingerprint density at radius 3 is 2.86 bits per heavy atom. The Morgan fingerprint density at radius 2 is 2.57 bits per heavy atom. The van der Waals surface area contributed by atoms with Gasteiger partial charge in [0.15, 0.2) is 0 Å². The van der Waals surface area contributed by atoms with E-state index in [1.807, 2.05) is 0 Å². The van der Waals surface area contributed by atoms with Crippen LogP contribution in [0, 0.1) is 6.42 Å². The molecule has 0 aromatic heterocycles. The van der Waals surface area contributed by atoms with E-state index in [0.717, 1.165) is 25.9 Å².